The molecular formula is C27H29N3O7S. The Hall–Kier alpha value is -4.51. The van der Waals surface area contributed by atoms with Crippen LogP contribution in [0.25, 0.3) is 0 Å². The Kier molecular flexibility index (Phi) is 9.72. The number of hydrazone groups is 1. The van der Waals surface area contributed by atoms with E-state index in [1.165, 1.54) is 51.8 Å². The van der Waals surface area contributed by atoms with Crippen LogP contribution in [0.15, 0.2) is 89.4 Å². The van der Waals surface area contributed by atoms with E-state index < -0.39 is 22.5 Å². The Morgan fingerprint density at radius 3 is 2.24 bits per heavy atom. The first-order chi connectivity index (χ1) is 18.3. The second-order valence-corrected chi connectivity index (χ2v) is 9.53. The van der Waals surface area contributed by atoms with E-state index in [-0.39, 0.29) is 10.6 Å². The van der Waals surface area contributed by atoms with Crippen LogP contribution in [0.1, 0.15) is 5.56 Å². The minimum absolute atomic E-state index is 0.0249. The first kappa shape index (κ1) is 28.1. The molecule has 0 fully saturated rings. The topological polar surface area (TPSA) is 116 Å². The van der Waals surface area contributed by atoms with Crippen LogP contribution in [0.5, 0.6) is 23.0 Å². The highest BCUT2D eigenvalue weighted by molar-refractivity contribution is 7.92. The number of ether oxygens (including phenoxy) is 4. The van der Waals surface area contributed by atoms with Crippen molar-refractivity contribution in [1.29, 1.82) is 0 Å². The van der Waals surface area contributed by atoms with Gasteiger partial charge in [0.15, 0.2) is 23.0 Å². The van der Waals surface area contributed by atoms with Crippen LogP contribution in [0.4, 0.5) is 5.69 Å². The summed E-state index contributed by atoms with van der Waals surface area (Å²) in [6.07, 6.45) is 3.03. The Bertz CT molecular complexity index is 1390. The molecule has 0 aliphatic carbocycles. The highest BCUT2D eigenvalue weighted by Crippen LogP contribution is 2.33. The summed E-state index contributed by atoms with van der Waals surface area (Å²) in [6, 6.07) is 17.5. The molecule has 38 heavy (non-hydrogen) atoms. The number of amides is 1. The average molecular weight is 540 g/mol. The van der Waals surface area contributed by atoms with Gasteiger partial charge in [-0.15, -0.1) is 0 Å². The first-order valence-electron chi connectivity index (χ1n) is 11.4. The van der Waals surface area contributed by atoms with Gasteiger partial charge in [-0.25, -0.2) is 13.8 Å². The average Bonchev–Trinajstić information content (AvgIpc) is 2.95. The predicted molar refractivity (Wildman–Crippen MR) is 145 cm³/mol. The second-order valence-electron chi connectivity index (χ2n) is 7.67. The van der Waals surface area contributed by atoms with E-state index in [1.54, 1.807) is 48.5 Å². The molecule has 0 aromatic heterocycles. The van der Waals surface area contributed by atoms with E-state index in [1.807, 2.05) is 0 Å². The largest absolute Gasteiger partial charge is 0.493 e. The van der Waals surface area contributed by atoms with E-state index in [2.05, 4.69) is 17.1 Å². The van der Waals surface area contributed by atoms with Gasteiger partial charge in [0.05, 0.1) is 38.1 Å². The third kappa shape index (κ3) is 6.83. The van der Waals surface area contributed by atoms with Crippen LogP contribution in [0.3, 0.4) is 0 Å². The normalized spacial score (nSPS) is 11.0. The molecular weight excluding hydrogens is 510 g/mol. The predicted octanol–water partition coefficient (Wildman–Crippen LogP) is 3.62. The summed E-state index contributed by atoms with van der Waals surface area (Å²) < 4.78 is 49.4. The van der Waals surface area contributed by atoms with Crippen molar-refractivity contribution < 1.29 is 32.2 Å². The third-order valence-electron chi connectivity index (χ3n) is 5.22. The fourth-order valence-corrected chi connectivity index (χ4v) is 4.83. The number of methoxy groups -OCH3 is 3. The maximum Gasteiger partial charge on any atom is 0.264 e. The van der Waals surface area contributed by atoms with E-state index in [0.717, 1.165) is 4.31 Å². The van der Waals surface area contributed by atoms with Gasteiger partial charge in [-0.3, -0.25) is 9.10 Å². The summed E-state index contributed by atoms with van der Waals surface area (Å²) in [5.74, 6) is 1.08. The molecule has 10 nitrogen and oxygen atoms in total. The number of hydrogen-bond acceptors (Lipinski definition) is 8. The van der Waals surface area contributed by atoms with E-state index in [0.29, 0.717) is 35.2 Å². The minimum atomic E-state index is -4.11. The standard InChI is InChI=1S/C27H29N3O7S/c1-5-15-37-24-13-11-20(16-25(24)35-3)18-28-29-27(31)19-30(38(32,33)22-9-7-6-8-10-22)21-12-14-23(34-2)26(17-21)36-4/h5-14,16-18H,1,15,19H2,2-4H3,(H,29,31)/b28-18-. The lowest BCUT2D eigenvalue weighted by molar-refractivity contribution is -0.119. The summed E-state index contributed by atoms with van der Waals surface area (Å²) in [7, 11) is 0.311. The second kappa shape index (κ2) is 13.2. The zero-order chi connectivity index (χ0) is 27.5. The lowest BCUT2D eigenvalue weighted by atomic mass is 10.2. The molecule has 3 aromatic rings. The molecule has 200 valence electrons. The number of nitrogens with one attached hydrogen (secondary N) is 1. The monoisotopic (exact) mass is 539 g/mol. The van der Waals surface area contributed by atoms with Gasteiger partial charge in [-0.05, 0) is 48.0 Å². The number of carbonyl (C=O) groups excluding carboxylic acids is 1. The molecule has 0 saturated heterocycles. The van der Waals surface area contributed by atoms with Crippen LogP contribution in [0, 0.1) is 0 Å². The number of anilines is 1. The van der Waals surface area contributed by atoms with Crippen molar-refractivity contribution >= 4 is 27.8 Å². The number of hydrogen-bond donors (Lipinski definition) is 1. The molecule has 0 atom stereocenters. The van der Waals surface area contributed by atoms with Crippen molar-refractivity contribution in [2.75, 3.05) is 38.8 Å². The van der Waals surface area contributed by atoms with Gasteiger partial charge in [0.25, 0.3) is 15.9 Å². The van der Waals surface area contributed by atoms with Gasteiger partial charge in [-0.2, -0.15) is 5.10 Å². The van der Waals surface area contributed by atoms with Crippen molar-refractivity contribution in [1.82, 2.24) is 5.43 Å². The van der Waals surface area contributed by atoms with Crippen LogP contribution < -0.4 is 28.7 Å². The van der Waals surface area contributed by atoms with Crippen molar-refractivity contribution in [3.63, 3.8) is 0 Å². The van der Waals surface area contributed by atoms with Crippen molar-refractivity contribution in [2.24, 2.45) is 5.10 Å². The Morgan fingerprint density at radius 1 is 0.921 bits per heavy atom. The molecule has 3 rings (SSSR count). The van der Waals surface area contributed by atoms with Crippen LogP contribution >= 0.6 is 0 Å². The highest BCUT2D eigenvalue weighted by atomic mass is 32.2. The molecule has 3 aromatic carbocycles. The number of sulfonamides is 1. The molecule has 0 aliphatic rings. The number of rotatable bonds is 13. The summed E-state index contributed by atoms with van der Waals surface area (Å²) in [5.41, 5.74) is 3.22. The summed E-state index contributed by atoms with van der Waals surface area (Å²) in [6.45, 7) is 3.40. The van der Waals surface area contributed by atoms with Crippen LogP contribution in [-0.2, 0) is 14.8 Å². The molecule has 0 radical (unpaired) electrons. The smallest absolute Gasteiger partial charge is 0.264 e. The molecule has 11 heteroatoms. The third-order valence-corrected chi connectivity index (χ3v) is 7.01. The molecule has 0 aliphatic heterocycles. The van der Waals surface area contributed by atoms with Crippen molar-refractivity contribution in [3.05, 3.63) is 84.9 Å². The molecule has 0 bridgehead atoms. The summed E-state index contributed by atoms with van der Waals surface area (Å²) in [5, 5.41) is 3.97. The Labute approximate surface area is 222 Å². The van der Waals surface area contributed by atoms with E-state index in [4.69, 9.17) is 18.9 Å². The number of nitrogens with zero attached hydrogens (tertiary/aromatic N) is 2. The number of carbonyl (C=O) groups is 1. The number of benzene rings is 3. The van der Waals surface area contributed by atoms with Crippen LogP contribution in [-0.4, -0.2) is 55.0 Å². The van der Waals surface area contributed by atoms with Gasteiger partial charge in [-0.1, -0.05) is 30.9 Å². The maximum atomic E-state index is 13.5. The van der Waals surface area contributed by atoms with Gasteiger partial charge >= 0.3 is 0 Å². The maximum absolute atomic E-state index is 13.5. The first-order valence-corrected chi connectivity index (χ1v) is 12.8. The van der Waals surface area contributed by atoms with Crippen molar-refractivity contribution in [2.45, 2.75) is 4.90 Å². The molecule has 0 heterocycles. The zero-order valence-electron chi connectivity index (χ0n) is 21.3. The molecule has 1 amide bonds. The fourth-order valence-electron chi connectivity index (χ4n) is 3.39. The highest BCUT2D eigenvalue weighted by Gasteiger charge is 2.28. The summed E-state index contributed by atoms with van der Waals surface area (Å²) >= 11 is 0. The SMILES string of the molecule is C=CCOc1ccc(/C=N\NC(=O)CN(c2ccc(OC)c(OC)c2)S(=O)(=O)c2ccccc2)cc1OC. The van der Waals surface area contributed by atoms with Gasteiger partial charge < -0.3 is 18.9 Å². The molecule has 1 N–H and O–H groups in total. The van der Waals surface area contributed by atoms with Crippen molar-refractivity contribution in [3.8, 4) is 23.0 Å². The molecule has 0 unspecified atom stereocenters. The quantitative estimate of drug-likeness (QED) is 0.200. The molecule has 0 spiro atoms. The van der Waals surface area contributed by atoms with E-state index in [9.17, 15) is 13.2 Å². The van der Waals surface area contributed by atoms with Gasteiger partial charge in [0.1, 0.15) is 13.2 Å². The summed E-state index contributed by atoms with van der Waals surface area (Å²) in [4.78, 5) is 12.9. The lowest BCUT2D eigenvalue weighted by Gasteiger charge is -2.24. The van der Waals surface area contributed by atoms with Gasteiger partial charge in [0.2, 0.25) is 0 Å². The van der Waals surface area contributed by atoms with Gasteiger partial charge in [0, 0.05) is 6.07 Å². The zero-order valence-corrected chi connectivity index (χ0v) is 22.1. The Balaban J connectivity index is 1.83. The lowest BCUT2D eigenvalue weighted by Crippen LogP contribution is -2.39. The molecule has 0 saturated carbocycles. The Morgan fingerprint density at radius 2 is 1.58 bits per heavy atom. The fraction of sp³-hybridized carbons (Fsp3) is 0.185. The minimum Gasteiger partial charge on any atom is -0.493 e. The van der Waals surface area contributed by atoms with Crippen LogP contribution in [0.2, 0.25) is 0 Å². The van der Waals surface area contributed by atoms with E-state index >= 15 is 0 Å².